The summed E-state index contributed by atoms with van der Waals surface area (Å²) in [6, 6.07) is 15.7. The van der Waals surface area contributed by atoms with Gasteiger partial charge in [0.15, 0.2) is 0 Å². The summed E-state index contributed by atoms with van der Waals surface area (Å²) < 4.78 is 0. The molecule has 2 aliphatic rings. The molecule has 0 spiro atoms. The number of rotatable bonds is 3. The van der Waals surface area contributed by atoms with Gasteiger partial charge in [0.05, 0.1) is 11.8 Å². The number of hydrazone groups is 1. The van der Waals surface area contributed by atoms with Crippen LogP contribution in [-0.2, 0) is 0 Å². The Morgan fingerprint density at radius 2 is 1.51 bits per heavy atom. The quantitative estimate of drug-likeness (QED) is 0.407. The van der Waals surface area contributed by atoms with E-state index < -0.39 is 0 Å². The van der Waals surface area contributed by atoms with Crippen LogP contribution in [0.1, 0.15) is 54.7 Å². The Morgan fingerprint density at radius 1 is 0.946 bits per heavy atom. The Balaban J connectivity index is 0.000000406. The Morgan fingerprint density at radius 3 is 2.03 bits per heavy atom. The number of piperazine rings is 1. The average molecular weight is 499 g/mol. The number of aldehydes is 1. The fourth-order valence-electron chi connectivity index (χ4n) is 3.65. The molecule has 0 saturated carbocycles. The van der Waals surface area contributed by atoms with Gasteiger partial charge in [-0.25, -0.2) is 0 Å². The van der Waals surface area contributed by atoms with Crippen molar-refractivity contribution in [2.24, 2.45) is 5.10 Å². The molecule has 1 atom stereocenters. The molecule has 1 saturated heterocycles. The van der Waals surface area contributed by atoms with E-state index in [2.05, 4.69) is 67.8 Å². The molecular weight excluding hydrogens is 456 g/mol. The summed E-state index contributed by atoms with van der Waals surface area (Å²) in [5.74, 6) is 6.46. The Bertz CT molecular complexity index is 1120. The normalized spacial score (nSPS) is 17.8. The average Bonchev–Trinajstić information content (AvgIpc) is 2.94. The summed E-state index contributed by atoms with van der Waals surface area (Å²) in [5.41, 5.74) is 5.53. The number of hydrogen-bond acceptors (Lipinski definition) is 5. The molecule has 1 unspecified atom stereocenters. The lowest BCUT2D eigenvalue weighted by Gasteiger charge is -2.28. The number of hydrogen-bond donors (Lipinski definition) is 0. The summed E-state index contributed by atoms with van der Waals surface area (Å²) in [6.07, 6.45) is 6.94. The van der Waals surface area contributed by atoms with Crippen LogP contribution >= 0.6 is 0 Å². The summed E-state index contributed by atoms with van der Waals surface area (Å²) in [7, 11) is 4.35. The molecule has 196 valence electrons. The van der Waals surface area contributed by atoms with Gasteiger partial charge in [-0.1, -0.05) is 73.9 Å². The van der Waals surface area contributed by atoms with Crippen molar-refractivity contribution in [3.8, 4) is 11.8 Å². The van der Waals surface area contributed by atoms with Crippen LogP contribution in [-0.4, -0.2) is 73.1 Å². The van der Waals surface area contributed by atoms with E-state index in [1.54, 1.807) is 12.1 Å². The molecule has 4 rings (SSSR count). The van der Waals surface area contributed by atoms with Crippen molar-refractivity contribution in [3.63, 3.8) is 0 Å². The van der Waals surface area contributed by atoms with Gasteiger partial charge in [-0.2, -0.15) is 5.10 Å². The number of carbonyl (C=O) groups excluding carboxylic acids is 1. The summed E-state index contributed by atoms with van der Waals surface area (Å²) in [4.78, 5) is 15.6. The second-order valence-electron chi connectivity index (χ2n) is 9.07. The minimum Gasteiger partial charge on any atom is -0.304 e. The number of nitrogens with zero attached hydrogens (tertiary/aromatic N) is 4. The highest BCUT2D eigenvalue weighted by Crippen LogP contribution is 2.19. The Hall–Kier alpha value is -3.46. The zero-order valence-electron chi connectivity index (χ0n) is 23.5. The first-order valence-corrected chi connectivity index (χ1v) is 13.1. The van der Waals surface area contributed by atoms with E-state index in [-0.39, 0.29) is 6.04 Å². The zero-order valence-corrected chi connectivity index (χ0v) is 23.5. The summed E-state index contributed by atoms with van der Waals surface area (Å²) >= 11 is 0. The third-order valence-corrected chi connectivity index (χ3v) is 6.11. The van der Waals surface area contributed by atoms with E-state index in [9.17, 15) is 4.79 Å². The van der Waals surface area contributed by atoms with Crippen molar-refractivity contribution >= 4 is 12.0 Å². The number of likely N-dealkylation sites (N-methyl/N-ethyl adjacent to an activating group) is 2. The topological polar surface area (TPSA) is 39.2 Å². The van der Waals surface area contributed by atoms with Gasteiger partial charge in [0.2, 0.25) is 0 Å². The fraction of sp³-hybridized carbons (Fsp3) is 0.375. The molecule has 0 N–H and O–H groups in total. The van der Waals surface area contributed by atoms with Crippen LogP contribution in [0.3, 0.4) is 0 Å². The molecule has 0 bridgehead atoms. The molecule has 2 heterocycles. The Kier molecular flexibility index (Phi) is 12.6. The van der Waals surface area contributed by atoms with E-state index in [0.717, 1.165) is 28.8 Å². The van der Waals surface area contributed by atoms with Crippen molar-refractivity contribution in [1.29, 1.82) is 0 Å². The smallest absolute Gasteiger partial charge is 0.150 e. The SMILES string of the molecule is C/C=C(/C#Cc1ccc(C)cc1)N1N=C(c2ccc(C=O)cc2)C=CC1C.CC.CN1CCN(C)CC1. The monoisotopic (exact) mass is 498 g/mol. The number of benzene rings is 2. The largest absolute Gasteiger partial charge is 0.304 e. The zero-order chi connectivity index (χ0) is 27.2. The van der Waals surface area contributed by atoms with Crippen LogP contribution in [0.15, 0.2) is 77.6 Å². The molecule has 37 heavy (non-hydrogen) atoms. The van der Waals surface area contributed by atoms with Gasteiger partial charge < -0.3 is 9.80 Å². The molecule has 0 amide bonds. The van der Waals surface area contributed by atoms with E-state index in [0.29, 0.717) is 5.56 Å². The highest BCUT2D eigenvalue weighted by atomic mass is 16.1. The fourth-order valence-corrected chi connectivity index (χ4v) is 3.65. The standard InChI is InChI=1S/C24H22N2O.C6H14N2.C2H6/c1-4-23(15-12-20-8-5-18(2)6-9-20)26-19(3)7-16-24(25-26)22-13-10-21(17-27)11-14-22;1-7-3-5-8(2)6-4-7;1-2/h4-11,13-14,16-17,19H,1-3H3;3-6H2,1-2H3;1-2H3/b23-4-;;. The van der Waals surface area contributed by atoms with Gasteiger partial charge in [0, 0.05) is 42.9 Å². The second-order valence-corrected chi connectivity index (χ2v) is 9.07. The molecular formula is C32H42N4O. The molecule has 0 radical (unpaired) electrons. The highest BCUT2D eigenvalue weighted by Gasteiger charge is 2.18. The van der Waals surface area contributed by atoms with Crippen LogP contribution in [0.2, 0.25) is 0 Å². The lowest BCUT2D eigenvalue weighted by Crippen LogP contribution is -2.42. The van der Waals surface area contributed by atoms with Crippen molar-refractivity contribution < 1.29 is 4.79 Å². The van der Waals surface area contributed by atoms with Crippen LogP contribution in [0.4, 0.5) is 0 Å². The van der Waals surface area contributed by atoms with E-state index in [1.807, 2.05) is 62.2 Å². The van der Waals surface area contributed by atoms with Gasteiger partial charge in [-0.3, -0.25) is 9.80 Å². The predicted octanol–water partition coefficient (Wildman–Crippen LogP) is 5.62. The molecule has 2 aliphatic heterocycles. The molecule has 5 heteroatoms. The van der Waals surface area contributed by atoms with Crippen LogP contribution in [0.25, 0.3) is 0 Å². The van der Waals surface area contributed by atoms with E-state index in [1.165, 1.54) is 31.7 Å². The summed E-state index contributed by atoms with van der Waals surface area (Å²) in [5, 5.41) is 6.72. The molecule has 2 aromatic carbocycles. The van der Waals surface area contributed by atoms with Crippen molar-refractivity contribution in [2.45, 2.75) is 40.7 Å². The third kappa shape index (κ3) is 9.49. The van der Waals surface area contributed by atoms with Crippen molar-refractivity contribution in [1.82, 2.24) is 14.8 Å². The maximum atomic E-state index is 10.8. The van der Waals surface area contributed by atoms with Gasteiger partial charge in [0.25, 0.3) is 0 Å². The van der Waals surface area contributed by atoms with Crippen LogP contribution < -0.4 is 0 Å². The van der Waals surface area contributed by atoms with Gasteiger partial charge in [-0.15, -0.1) is 0 Å². The molecule has 0 aromatic heterocycles. The summed E-state index contributed by atoms with van der Waals surface area (Å²) in [6.45, 7) is 15.1. The maximum absolute atomic E-state index is 10.8. The number of aryl methyl sites for hydroxylation is 1. The first-order chi connectivity index (χ1) is 17.9. The number of allylic oxidation sites excluding steroid dienone is 3. The lowest BCUT2D eigenvalue weighted by atomic mass is 10.1. The molecule has 2 aromatic rings. The van der Waals surface area contributed by atoms with Gasteiger partial charge in [-0.05, 0) is 59.0 Å². The van der Waals surface area contributed by atoms with Crippen LogP contribution in [0, 0.1) is 18.8 Å². The maximum Gasteiger partial charge on any atom is 0.150 e. The lowest BCUT2D eigenvalue weighted by molar-refractivity contribution is 0.112. The third-order valence-electron chi connectivity index (χ3n) is 6.11. The first kappa shape index (κ1) is 29.8. The predicted molar refractivity (Wildman–Crippen MR) is 157 cm³/mol. The van der Waals surface area contributed by atoms with E-state index >= 15 is 0 Å². The van der Waals surface area contributed by atoms with Gasteiger partial charge in [0.1, 0.15) is 12.0 Å². The van der Waals surface area contributed by atoms with Crippen molar-refractivity contribution in [3.05, 3.63) is 94.7 Å². The van der Waals surface area contributed by atoms with Crippen molar-refractivity contribution in [2.75, 3.05) is 40.3 Å². The van der Waals surface area contributed by atoms with Gasteiger partial charge >= 0.3 is 0 Å². The van der Waals surface area contributed by atoms with Crippen LogP contribution in [0.5, 0.6) is 0 Å². The first-order valence-electron chi connectivity index (χ1n) is 13.1. The molecule has 0 aliphatic carbocycles. The second kappa shape index (κ2) is 15.6. The van der Waals surface area contributed by atoms with E-state index in [4.69, 9.17) is 5.10 Å². The Labute approximate surface area is 224 Å². The highest BCUT2D eigenvalue weighted by molar-refractivity contribution is 6.09. The number of carbonyl (C=O) groups is 1. The molecule has 1 fully saturated rings. The minimum atomic E-state index is 0.113. The molecule has 5 nitrogen and oxygen atoms in total. The minimum absolute atomic E-state index is 0.113.